The van der Waals surface area contributed by atoms with Gasteiger partial charge in [-0.05, 0) is 19.8 Å². The molecule has 0 radical (unpaired) electrons. The quantitative estimate of drug-likeness (QED) is 0.398. The number of carboxylic acids is 1. The fourth-order valence-electron chi connectivity index (χ4n) is 2.10. The lowest BCUT2D eigenvalue weighted by molar-refractivity contribution is -0.149. The molecule has 1 rings (SSSR count). The number of nitrogens with zero attached hydrogens (tertiary/aromatic N) is 2. The molecule has 1 saturated heterocycles. The molecule has 22 heavy (non-hydrogen) atoms. The van der Waals surface area contributed by atoms with Gasteiger partial charge in [0.2, 0.25) is 0 Å². The molecule has 1 fully saturated rings. The molecule has 1 aliphatic heterocycles. The van der Waals surface area contributed by atoms with Crippen molar-refractivity contribution < 1.29 is 24.2 Å². The zero-order valence-corrected chi connectivity index (χ0v) is 12.4. The third kappa shape index (κ3) is 5.44. The third-order valence-electron chi connectivity index (χ3n) is 3.23. The Kier molecular flexibility index (Phi) is 6.89. The fourth-order valence-corrected chi connectivity index (χ4v) is 2.10. The molecule has 1 heterocycles. The van der Waals surface area contributed by atoms with E-state index >= 15 is 0 Å². The molecule has 0 saturated carbocycles. The van der Waals surface area contributed by atoms with Crippen molar-refractivity contribution in [2.45, 2.75) is 19.8 Å². The van der Waals surface area contributed by atoms with Crippen LogP contribution in [0, 0.1) is 17.2 Å². The number of carbonyl (C=O) groups is 3. The third-order valence-corrected chi connectivity index (χ3v) is 3.23. The number of esters is 1. The van der Waals surface area contributed by atoms with Crippen LogP contribution in [0.15, 0.2) is 11.8 Å². The van der Waals surface area contributed by atoms with Crippen molar-refractivity contribution in [1.29, 1.82) is 5.26 Å². The topological polar surface area (TPSA) is 120 Å². The highest BCUT2D eigenvalue weighted by Crippen LogP contribution is 2.19. The van der Waals surface area contributed by atoms with Crippen LogP contribution in [0.3, 0.4) is 0 Å². The fraction of sp³-hybridized carbons (Fsp3) is 0.571. The molecule has 0 aromatic heterocycles. The number of carbonyl (C=O) groups excluding carboxylic acids is 2. The summed E-state index contributed by atoms with van der Waals surface area (Å²) in [5.74, 6) is -2.28. The molecule has 2 N–H and O–H groups in total. The van der Waals surface area contributed by atoms with Crippen molar-refractivity contribution in [3.05, 3.63) is 11.8 Å². The summed E-state index contributed by atoms with van der Waals surface area (Å²) >= 11 is 0. The molecule has 0 unspecified atom stereocenters. The Bertz CT molecular complexity index is 501. The minimum Gasteiger partial charge on any atom is -0.480 e. The highest BCUT2D eigenvalue weighted by Gasteiger charge is 2.25. The number of piperidine rings is 1. The monoisotopic (exact) mass is 309 g/mol. The second-order valence-electron chi connectivity index (χ2n) is 4.79. The largest absolute Gasteiger partial charge is 0.480 e. The molecule has 0 aliphatic carbocycles. The van der Waals surface area contributed by atoms with Crippen molar-refractivity contribution in [2.75, 3.05) is 26.2 Å². The highest BCUT2D eigenvalue weighted by atomic mass is 16.5. The van der Waals surface area contributed by atoms with E-state index in [4.69, 9.17) is 15.1 Å². The van der Waals surface area contributed by atoms with Gasteiger partial charge >= 0.3 is 11.9 Å². The summed E-state index contributed by atoms with van der Waals surface area (Å²) in [7, 11) is 0. The average molecular weight is 309 g/mol. The van der Waals surface area contributed by atoms with Gasteiger partial charge in [0, 0.05) is 19.3 Å². The van der Waals surface area contributed by atoms with E-state index in [1.807, 2.05) is 0 Å². The van der Waals surface area contributed by atoms with E-state index in [0.29, 0.717) is 32.5 Å². The standard InChI is InChI=1S/C14H19N3O5/c1-2-22-14(21)10-3-5-17(6-4-10)9-11(7-15)13(20)16-8-12(18)19/h9-10H,2-6,8H2,1H3,(H,16,20)(H,18,19)/b11-9-. The predicted octanol–water partition coefficient (Wildman–Crippen LogP) is -0.130. The molecule has 0 spiro atoms. The lowest BCUT2D eigenvalue weighted by Gasteiger charge is -2.29. The van der Waals surface area contributed by atoms with Gasteiger partial charge in [0.05, 0.1) is 12.5 Å². The van der Waals surface area contributed by atoms with Gasteiger partial charge in [-0.1, -0.05) is 0 Å². The summed E-state index contributed by atoms with van der Waals surface area (Å²) in [6.45, 7) is 2.62. The Balaban J connectivity index is 2.55. The Morgan fingerprint density at radius 1 is 1.41 bits per heavy atom. The number of aliphatic carboxylic acids is 1. The molecular formula is C14H19N3O5. The van der Waals surface area contributed by atoms with Crippen molar-refractivity contribution in [3.8, 4) is 6.07 Å². The van der Waals surface area contributed by atoms with Crippen LogP contribution in [0.5, 0.6) is 0 Å². The van der Waals surface area contributed by atoms with Crippen LogP contribution in [0.4, 0.5) is 0 Å². The van der Waals surface area contributed by atoms with Crippen LogP contribution in [-0.4, -0.2) is 54.1 Å². The molecule has 0 atom stereocenters. The van der Waals surface area contributed by atoms with E-state index in [-0.39, 0.29) is 17.5 Å². The van der Waals surface area contributed by atoms with Gasteiger partial charge in [-0.3, -0.25) is 14.4 Å². The van der Waals surface area contributed by atoms with Crippen molar-refractivity contribution in [2.24, 2.45) is 5.92 Å². The normalized spacial score (nSPS) is 15.8. The molecule has 0 bridgehead atoms. The highest BCUT2D eigenvalue weighted by molar-refractivity contribution is 5.98. The molecular weight excluding hydrogens is 290 g/mol. The van der Waals surface area contributed by atoms with Gasteiger partial charge in [-0.15, -0.1) is 0 Å². The lowest BCUT2D eigenvalue weighted by atomic mass is 9.97. The molecule has 0 aromatic rings. The molecule has 0 aromatic carbocycles. The summed E-state index contributed by atoms with van der Waals surface area (Å²) in [6.07, 6.45) is 2.58. The number of likely N-dealkylation sites (tertiary alicyclic amines) is 1. The van der Waals surface area contributed by atoms with E-state index < -0.39 is 18.4 Å². The maximum Gasteiger partial charge on any atom is 0.322 e. The molecule has 120 valence electrons. The molecule has 8 nitrogen and oxygen atoms in total. The SMILES string of the molecule is CCOC(=O)C1CCN(/C=C(/C#N)C(=O)NCC(=O)O)CC1. The van der Waals surface area contributed by atoms with E-state index in [9.17, 15) is 14.4 Å². The zero-order chi connectivity index (χ0) is 16.5. The molecule has 1 amide bonds. The van der Waals surface area contributed by atoms with E-state index in [1.54, 1.807) is 17.9 Å². The second-order valence-corrected chi connectivity index (χ2v) is 4.79. The molecule has 8 heteroatoms. The number of hydrogen-bond donors (Lipinski definition) is 2. The first-order valence-electron chi connectivity index (χ1n) is 7.00. The number of carboxylic acid groups (broad SMARTS) is 1. The minimum atomic E-state index is -1.18. The summed E-state index contributed by atoms with van der Waals surface area (Å²) in [5.41, 5.74) is -0.157. The van der Waals surface area contributed by atoms with Crippen LogP contribution < -0.4 is 5.32 Å². The first kappa shape index (κ1) is 17.5. The second kappa shape index (κ2) is 8.67. The van der Waals surface area contributed by atoms with Gasteiger partial charge in [-0.2, -0.15) is 5.26 Å². The van der Waals surface area contributed by atoms with Crippen LogP contribution in [0.1, 0.15) is 19.8 Å². The predicted molar refractivity (Wildman–Crippen MR) is 75.3 cm³/mol. The van der Waals surface area contributed by atoms with E-state index in [0.717, 1.165) is 0 Å². The van der Waals surface area contributed by atoms with Gasteiger partial charge in [-0.25, -0.2) is 0 Å². The first-order valence-corrected chi connectivity index (χ1v) is 7.00. The van der Waals surface area contributed by atoms with Gasteiger partial charge in [0.1, 0.15) is 18.2 Å². The Labute approximate surface area is 128 Å². The Morgan fingerprint density at radius 3 is 2.55 bits per heavy atom. The Hall–Kier alpha value is -2.56. The van der Waals surface area contributed by atoms with Crippen LogP contribution in [-0.2, 0) is 19.1 Å². The summed E-state index contributed by atoms with van der Waals surface area (Å²) in [5, 5.41) is 19.6. The lowest BCUT2D eigenvalue weighted by Crippen LogP contribution is -2.35. The number of hydrogen-bond acceptors (Lipinski definition) is 6. The maximum absolute atomic E-state index is 11.6. The molecule has 1 aliphatic rings. The van der Waals surface area contributed by atoms with Crippen LogP contribution in [0.2, 0.25) is 0 Å². The average Bonchev–Trinajstić information content (AvgIpc) is 2.51. The van der Waals surface area contributed by atoms with Crippen LogP contribution >= 0.6 is 0 Å². The van der Waals surface area contributed by atoms with Crippen molar-refractivity contribution >= 4 is 17.8 Å². The zero-order valence-electron chi connectivity index (χ0n) is 12.4. The number of ether oxygens (including phenoxy) is 1. The number of amides is 1. The first-order chi connectivity index (χ1) is 10.5. The number of nitrogens with one attached hydrogen (secondary N) is 1. The number of nitriles is 1. The maximum atomic E-state index is 11.6. The van der Waals surface area contributed by atoms with Crippen LogP contribution in [0.25, 0.3) is 0 Å². The smallest absolute Gasteiger partial charge is 0.322 e. The van der Waals surface area contributed by atoms with Gasteiger partial charge in [0.25, 0.3) is 5.91 Å². The summed E-state index contributed by atoms with van der Waals surface area (Å²) < 4.78 is 4.97. The summed E-state index contributed by atoms with van der Waals surface area (Å²) in [6, 6.07) is 1.75. The van der Waals surface area contributed by atoms with Crippen molar-refractivity contribution in [1.82, 2.24) is 10.2 Å². The van der Waals surface area contributed by atoms with E-state index in [2.05, 4.69) is 5.32 Å². The van der Waals surface area contributed by atoms with Crippen molar-refractivity contribution in [3.63, 3.8) is 0 Å². The summed E-state index contributed by atoms with van der Waals surface area (Å²) in [4.78, 5) is 35.4. The Morgan fingerprint density at radius 2 is 2.05 bits per heavy atom. The van der Waals surface area contributed by atoms with E-state index in [1.165, 1.54) is 6.20 Å². The van der Waals surface area contributed by atoms with Gasteiger partial charge in [0.15, 0.2) is 0 Å². The number of rotatable bonds is 6. The minimum absolute atomic E-state index is 0.157. The van der Waals surface area contributed by atoms with Gasteiger partial charge < -0.3 is 20.1 Å².